The number of primary sulfonamides is 1. The van der Waals surface area contributed by atoms with E-state index in [-0.39, 0.29) is 17.6 Å². The van der Waals surface area contributed by atoms with Crippen LogP contribution in [0.2, 0.25) is 0 Å². The smallest absolute Gasteiger partial charge is 0.222 e. The van der Waals surface area contributed by atoms with E-state index in [0.717, 1.165) is 32.4 Å². The Morgan fingerprint density at radius 1 is 1.29 bits per heavy atom. The van der Waals surface area contributed by atoms with Crippen molar-refractivity contribution in [2.24, 2.45) is 11.1 Å². The number of nitrogens with two attached hydrogens (primary N) is 1. The number of hydrogen-bond acceptors (Lipinski definition) is 3. The lowest BCUT2D eigenvalue weighted by atomic mass is 9.99. The molecule has 1 atom stereocenters. The molecule has 0 saturated carbocycles. The lowest BCUT2D eigenvalue weighted by Gasteiger charge is -2.32. The summed E-state index contributed by atoms with van der Waals surface area (Å²) in [5.41, 5.74) is 0. The lowest BCUT2D eigenvalue weighted by molar-refractivity contribution is -0.133. The van der Waals surface area contributed by atoms with Gasteiger partial charge in [-0.25, -0.2) is 13.6 Å². The molecule has 0 aromatic carbocycles. The van der Waals surface area contributed by atoms with Crippen LogP contribution in [0, 0.1) is 5.92 Å². The largest absolute Gasteiger partial charge is 0.354 e. The van der Waals surface area contributed by atoms with Crippen LogP contribution in [0.25, 0.3) is 0 Å². The van der Waals surface area contributed by atoms with Crippen LogP contribution in [-0.4, -0.2) is 42.6 Å². The van der Waals surface area contributed by atoms with Gasteiger partial charge < -0.3 is 9.47 Å². The van der Waals surface area contributed by atoms with Gasteiger partial charge in [-0.2, -0.15) is 0 Å². The monoisotopic (exact) mass is 313 g/mol. The first-order valence-electron chi connectivity index (χ1n) is 7.33. The summed E-state index contributed by atoms with van der Waals surface area (Å²) < 4.78 is 24.4. The maximum Gasteiger partial charge on any atom is 0.222 e. The predicted molar refractivity (Wildman–Crippen MR) is 80.9 cm³/mol. The van der Waals surface area contributed by atoms with E-state index in [1.807, 2.05) is 29.1 Å². The third kappa shape index (κ3) is 5.51. The van der Waals surface area contributed by atoms with Gasteiger partial charge in [0, 0.05) is 38.4 Å². The second-order valence-corrected chi connectivity index (χ2v) is 7.36. The van der Waals surface area contributed by atoms with E-state index in [9.17, 15) is 13.2 Å². The number of sulfonamides is 1. The topological polar surface area (TPSA) is 85.4 Å². The van der Waals surface area contributed by atoms with Crippen molar-refractivity contribution in [2.75, 3.05) is 18.8 Å². The Morgan fingerprint density at radius 3 is 2.67 bits per heavy atom. The molecule has 2 N–H and O–H groups in total. The van der Waals surface area contributed by atoms with Crippen LogP contribution in [0.1, 0.15) is 25.7 Å². The second kappa shape index (κ2) is 7.09. The average Bonchev–Trinajstić information content (AvgIpc) is 2.90. The SMILES string of the molecule is NS(=O)(=O)C[C@H]1CCCN(C(=O)CCCn2cccc2)C1. The molecular weight excluding hydrogens is 290 g/mol. The van der Waals surface area contributed by atoms with Crippen LogP contribution >= 0.6 is 0 Å². The number of carbonyl (C=O) groups is 1. The minimum atomic E-state index is -3.46. The number of nitrogens with zero attached hydrogens (tertiary/aromatic N) is 2. The molecular formula is C14H23N3O3S. The van der Waals surface area contributed by atoms with Gasteiger partial charge >= 0.3 is 0 Å². The zero-order valence-electron chi connectivity index (χ0n) is 12.1. The Hall–Kier alpha value is -1.34. The van der Waals surface area contributed by atoms with E-state index in [0.29, 0.717) is 13.0 Å². The highest BCUT2D eigenvalue weighted by Gasteiger charge is 2.25. The number of carbonyl (C=O) groups excluding carboxylic acids is 1. The average molecular weight is 313 g/mol. The number of amides is 1. The van der Waals surface area contributed by atoms with Crippen molar-refractivity contribution >= 4 is 15.9 Å². The van der Waals surface area contributed by atoms with Crippen LogP contribution in [-0.2, 0) is 21.4 Å². The van der Waals surface area contributed by atoms with E-state index in [4.69, 9.17) is 5.14 Å². The van der Waals surface area contributed by atoms with Gasteiger partial charge in [0.15, 0.2) is 0 Å². The molecule has 0 bridgehead atoms. The van der Waals surface area contributed by atoms with Crippen LogP contribution in [0.4, 0.5) is 0 Å². The van der Waals surface area contributed by atoms with Gasteiger partial charge in [-0.3, -0.25) is 4.79 Å². The quantitative estimate of drug-likeness (QED) is 0.842. The Labute approximate surface area is 126 Å². The van der Waals surface area contributed by atoms with Crippen LogP contribution in [0.3, 0.4) is 0 Å². The molecule has 1 aliphatic rings. The van der Waals surface area contributed by atoms with Crippen molar-refractivity contribution in [3.8, 4) is 0 Å². The van der Waals surface area contributed by atoms with Gasteiger partial charge in [-0.05, 0) is 37.3 Å². The zero-order chi connectivity index (χ0) is 15.3. The van der Waals surface area contributed by atoms with Crippen molar-refractivity contribution < 1.29 is 13.2 Å². The van der Waals surface area contributed by atoms with Crippen molar-refractivity contribution in [2.45, 2.75) is 32.2 Å². The summed E-state index contributed by atoms with van der Waals surface area (Å²) in [6, 6.07) is 3.93. The van der Waals surface area contributed by atoms with E-state index in [2.05, 4.69) is 0 Å². The fourth-order valence-electron chi connectivity index (χ4n) is 2.85. The molecule has 1 saturated heterocycles. The van der Waals surface area contributed by atoms with Crippen molar-refractivity contribution in [1.82, 2.24) is 9.47 Å². The number of aryl methyl sites for hydroxylation is 1. The summed E-state index contributed by atoms with van der Waals surface area (Å²) in [7, 11) is -3.46. The van der Waals surface area contributed by atoms with Crippen LogP contribution < -0.4 is 5.14 Å². The first-order chi connectivity index (χ1) is 9.94. The minimum absolute atomic E-state index is 0.0258. The number of rotatable bonds is 6. The molecule has 7 heteroatoms. The standard InChI is InChI=1S/C14H23N3O3S/c15-21(19,20)12-13-5-3-10-17(11-13)14(18)6-4-9-16-7-1-2-8-16/h1-2,7-8,13H,3-6,9-12H2,(H2,15,19,20)/t13-/m0/s1. The summed E-state index contributed by atoms with van der Waals surface area (Å²) in [5, 5.41) is 5.09. The van der Waals surface area contributed by atoms with Crippen molar-refractivity contribution in [3.05, 3.63) is 24.5 Å². The molecule has 0 spiro atoms. The van der Waals surface area contributed by atoms with Crippen LogP contribution in [0.5, 0.6) is 0 Å². The molecule has 1 aromatic rings. The van der Waals surface area contributed by atoms with Crippen LogP contribution in [0.15, 0.2) is 24.5 Å². The highest BCUT2D eigenvalue weighted by Crippen LogP contribution is 2.18. The summed E-state index contributed by atoms with van der Waals surface area (Å²) in [5.74, 6) is 0.0589. The van der Waals surface area contributed by atoms with Gasteiger partial charge in [0.2, 0.25) is 15.9 Å². The first-order valence-corrected chi connectivity index (χ1v) is 9.04. The second-order valence-electron chi connectivity index (χ2n) is 5.70. The molecule has 1 aliphatic heterocycles. The fourth-order valence-corrected chi connectivity index (χ4v) is 3.78. The zero-order valence-corrected chi connectivity index (χ0v) is 13.0. The van der Waals surface area contributed by atoms with Crippen molar-refractivity contribution in [3.63, 3.8) is 0 Å². The number of piperidine rings is 1. The van der Waals surface area contributed by atoms with Crippen molar-refractivity contribution in [1.29, 1.82) is 0 Å². The molecule has 0 unspecified atom stereocenters. The van der Waals surface area contributed by atoms with E-state index in [1.54, 1.807) is 4.90 Å². The third-order valence-corrected chi connectivity index (χ3v) is 4.75. The molecule has 6 nitrogen and oxygen atoms in total. The van der Waals surface area contributed by atoms with Gasteiger partial charge in [-0.1, -0.05) is 0 Å². The third-order valence-electron chi connectivity index (χ3n) is 3.81. The molecule has 2 rings (SSSR count). The maximum absolute atomic E-state index is 12.2. The molecule has 0 aliphatic carbocycles. The molecule has 2 heterocycles. The normalized spacial score (nSPS) is 19.7. The summed E-state index contributed by atoms with van der Waals surface area (Å²) in [6.07, 6.45) is 6.93. The number of hydrogen-bond donors (Lipinski definition) is 1. The molecule has 0 radical (unpaired) electrons. The molecule has 1 amide bonds. The fraction of sp³-hybridized carbons (Fsp3) is 0.643. The van der Waals surface area contributed by atoms with Gasteiger partial charge in [0.05, 0.1) is 5.75 Å². The van der Waals surface area contributed by atoms with Gasteiger partial charge in [0.25, 0.3) is 0 Å². The summed E-state index contributed by atoms with van der Waals surface area (Å²) in [4.78, 5) is 14.0. The molecule has 1 aromatic heterocycles. The first kappa shape index (κ1) is 16.0. The molecule has 21 heavy (non-hydrogen) atoms. The highest BCUT2D eigenvalue weighted by molar-refractivity contribution is 7.89. The summed E-state index contributed by atoms with van der Waals surface area (Å²) in [6.45, 7) is 2.06. The van der Waals surface area contributed by atoms with Gasteiger partial charge in [-0.15, -0.1) is 0 Å². The Morgan fingerprint density at radius 2 is 2.00 bits per heavy atom. The lowest BCUT2D eigenvalue weighted by Crippen LogP contribution is -2.42. The Kier molecular flexibility index (Phi) is 5.41. The van der Waals surface area contributed by atoms with E-state index in [1.165, 1.54) is 0 Å². The van der Waals surface area contributed by atoms with E-state index >= 15 is 0 Å². The maximum atomic E-state index is 12.2. The summed E-state index contributed by atoms with van der Waals surface area (Å²) >= 11 is 0. The molecule has 118 valence electrons. The Bertz CT molecular complexity index is 554. The van der Waals surface area contributed by atoms with E-state index < -0.39 is 10.0 Å². The molecule has 1 fully saturated rings. The predicted octanol–water partition coefficient (Wildman–Crippen LogP) is 0.795. The number of likely N-dealkylation sites (tertiary alicyclic amines) is 1. The van der Waals surface area contributed by atoms with Gasteiger partial charge in [0.1, 0.15) is 0 Å². The number of aromatic nitrogens is 1. The highest BCUT2D eigenvalue weighted by atomic mass is 32.2. The Balaban J connectivity index is 1.76. The minimum Gasteiger partial charge on any atom is -0.354 e.